The van der Waals surface area contributed by atoms with Crippen LogP contribution in [0.2, 0.25) is 0 Å². The number of aryl methyl sites for hydroxylation is 1. The van der Waals surface area contributed by atoms with Crippen LogP contribution in [0.25, 0.3) is 17.0 Å². The molecule has 7 nitrogen and oxygen atoms in total. The maximum absolute atomic E-state index is 13.0. The van der Waals surface area contributed by atoms with Gasteiger partial charge in [-0.1, -0.05) is 0 Å². The summed E-state index contributed by atoms with van der Waals surface area (Å²) < 4.78 is 18.8. The molecule has 0 unspecified atom stereocenters. The van der Waals surface area contributed by atoms with Gasteiger partial charge in [0.1, 0.15) is 17.2 Å². The van der Waals surface area contributed by atoms with E-state index >= 15 is 0 Å². The van der Waals surface area contributed by atoms with Crippen LogP contribution in [0, 0.1) is 6.92 Å². The van der Waals surface area contributed by atoms with Gasteiger partial charge in [-0.05, 0) is 50.3 Å². The number of carbonyl (C=O) groups is 2. The van der Waals surface area contributed by atoms with Crippen LogP contribution in [0.3, 0.4) is 0 Å². The molecule has 1 aliphatic rings. The van der Waals surface area contributed by atoms with Gasteiger partial charge in [-0.2, -0.15) is 0 Å². The van der Waals surface area contributed by atoms with Crippen molar-refractivity contribution in [1.82, 2.24) is 9.47 Å². The van der Waals surface area contributed by atoms with Crippen molar-refractivity contribution in [1.29, 1.82) is 0 Å². The van der Waals surface area contributed by atoms with Gasteiger partial charge in [0.25, 0.3) is 0 Å². The van der Waals surface area contributed by atoms with E-state index in [1.165, 1.54) is 4.90 Å². The summed E-state index contributed by atoms with van der Waals surface area (Å²) in [4.78, 5) is 26.2. The molecule has 1 aromatic heterocycles. The molecule has 2 aromatic carbocycles. The second-order valence-corrected chi connectivity index (χ2v) is 7.52. The molecule has 0 radical (unpaired) electrons. The van der Waals surface area contributed by atoms with Crippen LogP contribution in [-0.4, -0.2) is 42.5 Å². The molecule has 1 amide bonds. The number of Topliss-reactive ketones (excluding diaryl/α,β-unsaturated/α-hetero) is 1. The van der Waals surface area contributed by atoms with E-state index in [9.17, 15) is 9.59 Å². The zero-order valence-electron chi connectivity index (χ0n) is 18.2. The van der Waals surface area contributed by atoms with Gasteiger partial charge in [0.05, 0.1) is 12.7 Å². The molecule has 0 saturated carbocycles. The first-order valence-electron chi connectivity index (χ1n) is 9.98. The van der Waals surface area contributed by atoms with Gasteiger partial charge < -0.3 is 23.7 Å². The van der Waals surface area contributed by atoms with Crippen LogP contribution >= 0.6 is 0 Å². The Morgan fingerprint density at radius 2 is 2.00 bits per heavy atom. The lowest BCUT2D eigenvalue weighted by atomic mass is 10.1. The average molecular weight is 420 g/mol. The zero-order chi connectivity index (χ0) is 22.3. The standard InChI is InChI=1S/C24H24N2O5/c1-6-26-13-15(18-12-16(29-5)7-9-19(18)26)11-21-22(27)17-8-10-20(14(2)23(17)30-21)31-24(28)25(3)4/h7-13H,6H2,1-5H3/b21-11+. The summed E-state index contributed by atoms with van der Waals surface area (Å²) in [6.07, 6.45) is 3.25. The molecule has 0 aliphatic carbocycles. The number of amides is 1. The first kappa shape index (κ1) is 20.5. The Balaban J connectivity index is 1.74. The molecule has 0 spiro atoms. The molecule has 3 aromatic rings. The molecule has 1 aliphatic heterocycles. The monoisotopic (exact) mass is 420 g/mol. The van der Waals surface area contributed by atoms with E-state index in [1.807, 2.05) is 24.4 Å². The van der Waals surface area contributed by atoms with Crippen molar-refractivity contribution in [3.63, 3.8) is 0 Å². The number of methoxy groups -OCH3 is 1. The van der Waals surface area contributed by atoms with Crippen LogP contribution in [0.1, 0.15) is 28.4 Å². The highest BCUT2D eigenvalue weighted by molar-refractivity contribution is 6.15. The van der Waals surface area contributed by atoms with E-state index in [0.717, 1.165) is 28.8 Å². The number of fused-ring (bicyclic) bond motifs is 2. The first-order valence-corrected chi connectivity index (χ1v) is 9.98. The van der Waals surface area contributed by atoms with Crippen LogP contribution in [-0.2, 0) is 6.54 Å². The van der Waals surface area contributed by atoms with Gasteiger partial charge in [-0.3, -0.25) is 4.79 Å². The Kier molecular flexibility index (Phi) is 5.19. The number of allylic oxidation sites excluding steroid dienone is 1. The van der Waals surface area contributed by atoms with Crippen molar-refractivity contribution in [3.8, 4) is 17.2 Å². The second kappa shape index (κ2) is 7.83. The number of aromatic nitrogens is 1. The van der Waals surface area contributed by atoms with Crippen LogP contribution in [0.5, 0.6) is 17.2 Å². The van der Waals surface area contributed by atoms with Gasteiger partial charge in [-0.25, -0.2) is 4.79 Å². The fraction of sp³-hybridized carbons (Fsp3) is 0.250. The number of nitrogens with zero attached hydrogens (tertiary/aromatic N) is 2. The smallest absolute Gasteiger partial charge is 0.414 e. The number of rotatable bonds is 4. The Bertz CT molecular complexity index is 1240. The third-order valence-electron chi connectivity index (χ3n) is 5.35. The highest BCUT2D eigenvalue weighted by Crippen LogP contribution is 2.40. The molecule has 0 bridgehead atoms. The number of ketones is 1. The minimum absolute atomic E-state index is 0.205. The third kappa shape index (κ3) is 3.52. The van der Waals surface area contributed by atoms with Gasteiger partial charge in [0.2, 0.25) is 5.78 Å². The summed E-state index contributed by atoms with van der Waals surface area (Å²) in [6.45, 7) is 4.62. The lowest BCUT2D eigenvalue weighted by molar-refractivity contribution is 0.101. The molecule has 31 heavy (non-hydrogen) atoms. The van der Waals surface area contributed by atoms with Crippen LogP contribution < -0.4 is 14.2 Å². The molecule has 0 saturated heterocycles. The lowest BCUT2D eigenvalue weighted by Gasteiger charge is -2.13. The van der Waals surface area contributed by atoms with Crippen LogP contribution in [0.15, 0.2) is 42.3 Å². The Morgan fingerprint density at radius 1 is 1.23 bits per heavy atom. The molecular weight excluding hydrogens is 396 g/mol. The molecule has 0 atom stereocenters. The summed E-state index contributed by atoms with van der Waals surface area (Å²) in [5.41, 5.74) is 2.96. The van der Waals surface area contributed by atoms with Crippen LogP contribution in [0.4, 0.5) is 4.79 Å². The van der Waals surface area contributed by atoms with Gasteiger partial charge in [0.15, 0.2) is 5.76 Å². The number of benzene rings is 2. The van der Waals surface area contributed by atoms with E-state index in [-0.39, 0.29) is 11.5 Å². The fourth-order valence-electron chi connectivity index (χ4n) is 3.61. The van der Waals surface area contributed by atoms with Gasteiger partial charge >= 0.3 is 6.09 Å². The molecule has 7 heteroatoms. The molecule has 2 heterocycles. The molecular formula is C24H24N2O5. The fourth-order valence-corrected chi connectivity index (χ4v) is 3.61. The number of carbonyl (C=O) groups excluding carboxylic acids is 2. The zero-order valence-corrected chi connectivity index (χ0v) is 18.2. The van der Waals surface area contributed by atoms with Crippen molar-refractivity contribution in [2.24, 2.45) is 0 Å². The Hall–Kier alpha value is -3.74. The maximum Gasteiger partial charge on any atom is 0.414 e. The highest BCUT2D eigenvalue weighted by atomic mass is 16.6. The Labute approximate surface area is 180 Å². The third-order valence-corrected chi connectivity index (χ3v) is 5.35. The topological polar surface area (TPSA) is 70.0 Å². The molecule has 0 fully saturated rings. The van der Waals surface area contributed by atoms with Crippen molar-refractivity contribution in [2.75, 3.05) is 21.2 Å². The first-order chi connectivity index (χ1) is 14.8. The largest absolute Gasteiger partial charge is 0.497 e. The van der Waals surface area contributed by atoms with E-state index in [2.05, 4.69) is 11.5 Å². The summed E-state index contributed by atoms with van der Waals surface area (Å²) in [5, 5.41) is 0.971. The minimum atomic E-state index is -0.496. The predicted octanol–water partition coefficient (Wildman–Crippen LogP) is 4.65. The minimum Gasteiger partial charge on any atom is -0.497 e. The van der Waals surface area contributed by atoms with Gasteiger partial charge in [-0.15, -0.1) is 0 Å². The van der Waals surface area contributed by atoms with E-state index in [1.54, 1.807) is 46.3 Å². The molecule has 0 N–H and O–H groups in total. The van der Waals surface area contributed by atoms with Crippen molar-refractivity contribution in [2.45, 2.75) is 20.4 Å². The van der Waals surface area contributed by atoms with E-state index in [0.29, 0.717) is 22.6 Å². The van der Waals surface area contributed by atoms with E-state index < -0.39 is 6.09 Å². The summed E-state index contributed by atoms with van der Waals surface area (Å²) in [6, 6.07) is 9.11. The quantitative estimate of drug-likeness (QED) is 0.575. The SMILES string of the molecule is CCn1cc(/C=C2/Oc3c(ccc(OC(=O)N(C)C)c3C)C2=O)c2cc(OC)ccc21. The highest BCUT2D eigenvalue weighted by Gasteiger charge is 2.31. The Morgan fingerprint density at radius 3 is 2.68 bits per heavy atom. The van der Waals surface area contributed by atoms with Crippen molar-refractivity contribution >= 4 is 28.9 Å². The summed E-state index contributed by atoms with van der Waals surface area (Å²) >= 11 is 0. The van der Waals surface area contributed by atoms with E-state index in [4.69, 9.17) is 14.2 Å². The predicted molar refractivity (Wildman–Crippen MR) is 118 cm³/mol. The normalized spacial score (nSPS) is 14.0. The van der Waals surface area contributed by atoms with Crippen molar-refractivity contribution < 1.29 is 23.8 Å². The second-order valence-electron chi connectivity index (χ2n) is 7.52. The maximum atomic E-state index is 13.0. The summed E-state index contributed by atoms with van der Waals surface area (Å²) in [7, 11) is 4.83. The molecule has 160 valence electrons. The number of hydrogen-bond acceptors (Lipinski definition) is 5. The molecule has 4 rings (SSSR count). The van der Waals surface area contributed by atoms with Gasteiger partial charge in [0, 0.05) is 48.9 Å². The average Bonchev–Trinajstić information content (AvgIpc) is 3.27. The number of hydrogen-bond donors (Lipinski definition) is 0. The lowest BCUT2D eigenvalue weighted by Crippen LogP contribution is -2.25. The summed E-state index contributed by atoms with van der Waals surface area (Å²) in [5.74, 6) is 1.54. The number of ether oxygens (including phenoxy) is 3. The van der Waals surface area contributed by atoms with Crippen molar-refractivity contribution in [3.05, 3.63) is 59.0 Å².